The van der Waals surface area contributed by atoms with Gasteiger partial charge in [-0.3, -0.25) is 4.79 Å². The Bertz CT molecular complexity index is 957. The second-order valence-electron chi connectivity index (χ2n) is 10.6. The largest absolute Gasteiger partial charge is 0.543 e. The third-order valence-corrected chi connectivity index (χ3v) is 11.5. The topological polar surface area (TPSA) is 102 Å². The maximum absolute atomic E-state index is 12.8. The Balaban J connectivity index is 2.63. The molecule has 2 N–H and O–H groups in total. The predicted molar refractivity (Wildman–Crippen MR) is 134 cm³/mol. The van der Waals surface area contributed by atoms with Crippen LogP contribution in [-0.2, 0) is 22.6 Å². The fourth-order valence-electron chi connectivity index (χ4n) is 4.00. The molecule has 0 aliphatic carbocycles. The molecule has 0 saturated carbocycles. The lowest BCUT2D eigenvalue weighted by Crippen LogP contribution is -2.44. The molecule has 1 aliphatic rings. The van der Waals surface area contributed by atoms with Gasteiger partial charge in [0.25, 0.3) is 8.32 Å². The fraction of sp³-hybridized carbons (Fsp3) is 0.615. The lowest BCUT2D eigenvalue weighted by molar-refractivity contribution is -0.137. The van der Waals surface area contributed by atoms with E-state index in [0.717, 1.165) is 22.3 Å². The summed E-state index contributed by atoms with van der Waals surface area (Å²) in [7, 11) is -0.701. The highest BCUT2D eigenvalue weighted by Gasteiger charge is 2.42. The molecule has 1 aromatic rings. The second-order valence-corrected chi connectivity index (χ2v) is 15.3. The standard InChI is InChI=1S/C26H40O7Si/c1-16(18(10-9-13-27)14-21(28)29)11-12-19-23(31-6)17(2)20-15-32-25(30)22(20)24(19)33-34(7,8)26(3,4)5/h11,18,27H,9-10,12-15H2,1-8H3,(H,28,29)/b16-11+. The van der Waals surface area contributed by atoms with Gasteiger partial charge >= 0.3 is 11.9 Å². The lowest BCUT2D eigenvalue weighted by atomic mass is 9.89. The number of carbonyl (C=O) groups is 2. The average Bonchev–Trinajstić information content (AvgIpc) is 3.12. The summed E-state index contributed by atoms with van der Waals surface area (Å²) < 4.78 is 17.9. The molecule has 0 saturated heterocycles. The number of ether oxygens (including phenoxy) is 2. The van der Waals surface area contributed by atoms with E-state index in [2.05, 4.69) is 33.9 Å². The molecule has 7 nitrogen and oxygen atoms in total. The molecule has 1 atom stereocenters. The van der Waals surface area contributed by atoms with E-state index >= 15 is 0 Å². The van der Waals surface area contributed by atoms with E-state index in [1.165, 1.54) is 0 Å². The number of allylic oxidation sites excluding steroid dienone is 2. The van der Waals surface area contributed by atoms with Crippen molar-refractivity contribution < 1.29 is 33.7 Å². The minimum Gasteiger partial charge on any atom is -0.543 e. The summed E-state index contributed by atoms with van der Waals surface area (Å²) in [5.41, 5.74) is 3.84. The highest BCUT2D eigenvalue weighted by atomic mass is 28.4. The quantitative estimate of drug-likeness (QED) is 0.242. The number of hydrogen-bond donors (Lipinski definition) is 2. The molecule has 0 spiro atoms. The van der Waals surface area contributed by atoms with Crippen molar-refractivity contribution in [3.8, 4) is 11.5 Å². The summed E-state index contributed by atoms with van der Waals surface area (Å²) in [4.78, 5) is 24.2. The SMILES string of the molecule is COc1c(C)c2c(c(O[Si](C)(C)C(C)(C)C)c1C/C=C(\C)C(CCCO)CC(=O)O)C(=O)OC2. The van der Waals surface area contributed by atoms with Crippen molar-refractivity contribution in [2.75, 3.05) is 13.7 Å². The normalized spacial score (nSPS) is 15.1. The Labute approximate surface area is 204 Å². The highest BCUT2D eigenvalue weighted by molar-refractivity contribution is 6.74. The van der Waals surface area contributed by atoms with E-state index in [1.807, 2.05) is 19.9 Å². The maximum Gasteiger partial charge on any atom is 0.342 e. The number of cyclic esters (lactones) is 1. The van der Waals surface area contributed by atoms with Gasteiger partial charge in [-0.05, 0) is 62.7 Å². The molecule has 0 aromatic heterocycles. The number of rotatable bonds is 11. The maximum atomic E-state index is 12.8. The summed E-state index contributed by atoms with van der Waals surface area (Å²) in [6, 6.07) is 0. The van der Waals surface area contributed by atoms with Gasteiger partial charge in [-0.15, -0.1) is 0 Å². The Morgan fingerprint density at radius 2 is 1.91 bits per heavy atom. The fourth-order valence-corrected chi connectivity index (χ4v) is 5.04. The van der Waals surface area contributed by atoms with E-state index in [1.54, 1.807) is 7.11 Å². The first-order chi connectivity index (χ1) is 15.7. The molecule has 0 fully saturated rings. The van der Waals surface area contributed by atoms with Crippen LogP contribution in [0.5, 0.6) is 11.5 Å². The van der Waals surface area contributed by atoms with E-state index in [4.69, 9.17) is 13.9 Å². The Hall–Kier alpha value is -2.32. The molecule has 190 valence electrons. The van der Waals surface area contributed by atoms with Gasteiger partial charge in [0.15, 0.2) is 0 Å². The van der Waals surface area contributed by atoms with E-state index in [9.17, 15) is 19.8 Å². The van der Waals surface area contributed by atoms with Crippen LogP contribution in [0.3, 0.4) is 0 Å². The molecular weight excluding hydrogens is 452 g/mol. The summed E-state index contributed by atoms with van der Waals surface area (Å²) in [5.74, 6) is -0.240. The van der Waals surface area contributed by atoms with Gasteiger partial charge in [0, 0.05) is 17.7 Å². The molecular formula is C26H40O7Si. The number of aliphatic hydroxyl groups is 1. The molecule has 8 heteroatoms. The lowest BCUT2D eigenvalue weighted by Gasteiger charge is -2.37. The van der Waals surface area contributed by atoms with Gasteiger partial charge in [0.1, 0.15) is 23.7 Å². The summed E-state index contributed by atoms with van der Waals surface area (Å²) in [6.45, 7) is 14.8. The summed E-state index contributed by atoms with van der Waals surface area (Å²) in [6.07, 6.45) is 3.55. The van der Waals surface area contributed by atoms with Gasteiger partial charge in [-0.1, -0.05) is 32.4 Å². The number of carboxylic acid groups (broad SMARTS) is 1. The number of aliphatic hydroxyl groups excluding tert-OH is 1. The second kappa shape index (κ2) is 10.9. The molecule has 2 rings (SSSR count). The van der Waals surface area contributed by atoms with Crippen LogP contribution in [0.1, 0.15) is 74.0 Å². The summed E-state index contributed by atoms with van der Waals surface area (Å²) in [5, 5.41) is 18.5. The van der Waals surface area contributed by atoms with Crippen molar-refractivity contribution >= 4 is 20.3 Å². The first kappa shape index (κ1) is 27.9. The number of hydrogen-bond acceptors (Lipinski definition) is 6. The molecule has 0 bridgehead atoms. The van der Waals surface area contributed by atoms with Crippen molar-refractivity contribution in [2.45, 2.75) is 85.0 Å². The van der Waals surface area contributed by atoms with Crippen molar-refractivity contribution in [1.29, 1.82) is 0 Å². The van der Waals surface area contributed by atoms with E-state index in [-0.39, 0.29) is 36.6 Å². The minimum atomic E-state index is -2.31. The van der Waals surface area contributed by atoms with Crippen molar-refractivity contribution in [3.63, 3.8) is 0 Å². The number of aliphatic carboxylic acids is 1. The first-order valence-electron chi connectivity index (χ1n) is 11.8. The van der Waals surface area contributed by atoms with Crippen molar-refractivity contribution in [3.05, 3.63) is 33.9 Å². The van der Waals surface area contributed by atoms with E-state index in [0.29, 0.717) is 36.3 Å². The predicted octanol–water partition coefficient (Wildman–Crippen LogP) is 5.41. The Morgan fingerprint density at radius 3 is 2.44 bits per heavy atom. The van der Waals surface area contributed by atoms with Crippen LogP contribution in [0.4, 0.5) is 0 Å². The third-order valence-electron chi connectivity index (χ3n) is 7.19. The van der Waals surface area contributed by atoms with Gasteiger partial charge in [0.05, 0.1) is 13.5 Å². The third kappa shape index (κ3) is 6.02. The number of fused-ring (bicyclic) bond motifs is 1. The molecule has 1 unspecified atom stereocenters. The molecule has 34 heavy (non-hydrogen) atoms. The number of carboxylic acids is 1. The zero-order valence-corrected chi connectivity index (χ0v) is 22.8. The van der Waals surface area contributed by atoms with Crippen LogP contribution in [0, 0.1) is 12.8 Å². The highest BCUT2D eigenvalue weighted by Crippen LogP contribution is 2.46. The first-order valence-corrected chi connectivity index (χ1v) is 14.7. The number of methoxy groups -OCH3 is 1. The van der Waals surface area contributed by atoms with Crippen LogP contribution in [0.15, 0.2) is 11.6 Å². The van der Waals surface area contributed by atoms with Crippen molar-refractivity contribution in [2.24, 2.45) is 5.92 Å². The van der Waals surface area contributed by atoms with Crippen LogP contribution in [0.25, 0.3) is 0 Å². The average molecular weight is 493 g/mol. The number of benzene rings is 1. The zero-order chi connectivity index (χ0) is 25.8. The summed E-state index contributed by atoms with van der Waals surface area (Å²) >= 11 is 0. The molecule has 1 heterocycles. The smallest absolute Gasteiger partial charge is 0.342 e. The van der Waals surface area contributed by atoms with Crippen LogP contribution in [-0.4, -0.2) is 44.2 Å². The van der Waals surface area contributed by atoms with Crippen LogP contribution < -0.4 is 9.16 Å². The van der Waals surface area contributed by atoms with E-state index < -0.39 is 14.3 Å². The van der Waals surface area contributed by atoms with Crippen LogP contribution >= 0.6 is 0 Å². The van der Waals surface area contributed by atoms with Crippen LogP contribution in [0.2, 0.25) is 18.1 Å². The van der Waals surface area contributed by atoms with Crippen molar-refractivity contribution in [1.82, 2.24) is 0 Å². The Kier molecular flexibility index (Phi) is 8.99. The molecule has 0 amide bonds. The molecule has 1 aliphatic heterocycles. The van der Waals surface area contributed by atoms with Gasteiger partial charge < -0.3 is 24.1 Å². The van der Waals surface area contributed by atoms with Gasteiger partial charge in [-0.25, -0.2) is 4.79 Å². The number of carbonyl (C=O) groups excluding carboxylic acids is 1. The molecule has 0 radical (unpaired) electrons. The van der Waals surface area contributed by atoms with Gasteiger partial charge in [0.2, 0.25) is 0 Å². The Morgan fingerprint density at radius 1 is 1.26 bits per heavy atom. The zero-order valence-electron chi connectivity index (χ0n) is 21.8. The number of esters is 1. The van der Waals surface area contributed by atoms with Gasteiger partial charge in [-0.2, -0.15) is 0 Å². The monoisotopic (exact) mass is 492 g/mol. The minimum absolute atomic E-state index is 0.00232. The molecule has 1 aromatic carbocycles.